The molecule has 1 aromatic heterocycles. The molecular weight excluding hydrogens is 262 g/mol. The second-order valence-corrected chi connectivity index (χ2v) is 4.70. The molecule has 1 N–H and O–H groups in total. The molecule has 2 rings (SSSR count). The Morgan fingerprint density at radius 1 is 1.24 bits per heavy atom. The van der Waals surface area contributed by atoms with Gasteiger partial charge >= 0.3 is 0 Å². The van der Waals surface area contributed by atoms with Gasteiger partial charge in [0.25, 0.3) is 0 Å². The fourth-order valence-electron chi connectivity index (χ4n) is 2.11. The molecule has 108 valence electrons. The number of hydrogen-bond acceptors (Lipinski definition) is 4. The molecule has 1 aromatic carbocycles. The summed E-state index contributed by atoms with van der Waals surface area (Å²) in [4.78, 5) is 4.38. The minimum Gasteiger partial charge on any atom is -0.372 e. The van der Waals surface area contributed by atoms with Crippen LogP contribution in [-0.2, 0) is 4.74 Å². The average Bonchev–Trinajstić information content (AvgIpc) is 2.52. The van der Waals surface area contributed by atoms with Gasteiger partial charge in [-0.25, -0.2) is 4.98 Å². The average molecular weight is 281 g/mol. The molecule has 0 spiro atoms. The maximum atomic E-state index is 9.13. The van der Waals surface area contributed by atoms with E-state index < -0.39 is 0 Å². The van der Waals surface area contributed by atoms with Crippen molar-refractivity contribution >= 4 is 5.82 Å². The first kappa shape index (κ1) is 15.0. The maximum Gasteiger partial charge on any atom is 0.144 e. The highest BCUT2D eigenvalue weighted by Crippen LogP contribution is 2.19. The van der Waals surface area contributed by atoms with Crippen LogP contribution in [0.2, 0.25) is 0 Å². The molecule has 1 atom stereocenters. The van der Waals surface area contributed by atoms with Crippen molar-refractivity contribution in [2.45, 2.75) is 20.0 Å². The van der Waals surface area contributed by atoms with Gasteiger partial charge in [-0.3, -0.25) is 0 Å². The first-order valence-corrected chi connectivity index (χ1v) is 7.02. The number of ether oxygens (including phenoxy) is 1. The van der Waals surface area contributed by atoms with Crippen LogP contribution in [0, 0.1) is 18.3 Å². The van der Waals surface area contributed by atoms with Gasteiger partial charge in [0.1, 0.15) is 11.9 Å². The van der Waals surface area contributed by atoms with Gasteiger partial charge in [0, 0.05) is 18.8 Å². The third kappa shape index (κ3) is 4.04. The molecule has 4 nitrogen and oxygen atoms in total. The number of aryl methyl sites for hydroxylation is 1. The summed E-state index contributed by atoms with van der Waals surface area (Å²) in [5.74, 6) is 0.609. The van der Waals surface area contributed by atoms with Crippen molar-refractivity contribution in [3.63, 3.8) is 0 Å². The Morgan fingerprint density at radius 3 is 2.67 bits per heavy atom. The standard InChI is InChI=1S/C17H19N3O/c1-3-21-16(14-7-5-4-6-8-14)12-19-17-15(11-18)10-9-13(2)20-17/h4-10,16H,3,12H2,1-2H3,(H,19,20). The number of pyridine rings is 1. The first-order valence-electron chi connectivity index (χ1n) is 7.02. The minimum absolute atomic E-state index is 0.0648. The normalized spacial score (nSPS) is 11.7. The van der Waals surface area contributed by atoms with Crippen molar-refractivity contribution in [3.05, 3.63) is 59.3 Å². The molecule has 1 unspecified atom stereocenters. The van der Waals surface area contributed by atoms with E-state index in [0.29, 0.717) is 24.5 Å². The zero-order valence-electron chi connectivity index (χ0n) is 12.3. The Hall–Kier alpha value is -2.38. The Bertz CT molecular complexity index is 620. The van der Waals surface area contributed by atoms with E-state index in [1.807, 2.05) is 50.2 Å². The van der Waals surface area contributed by atoms with Gasteiger partial charge in [0.15, 0.2) is 0 Å². The molecule has 0 radical (unpaired) electrons. The van der Waals surface area contributed by atoms with Crippen LogP contribution >= 0.6 is 0 Å². The molecular formula is C17H19N3O. The number of nitrogens with one attached hydrogen (secondary N) is 1. The topological polar surface area (TPSA) is 57.9 Å². The highest BCUT2D eigenvalue weighted by atomic mass is 16.5. The van der Waals surface area contributed by atoms with Gasteiger partial charge in [0.05, 0.1) is 11.7 Å². The van der Waals surface area contributed by atoms with Crippen molar-refractivity contribution in [3.8, 4) is 6.07 Å². The Kier molecular flexibility index (Phi) is 5.30. The number of anilines is 1. The molecule has 0 amide bonds. The van der Waals surface area contributed by atoms with Crippen LogP contribution in [0.25, 0.3) is 0 Å². The van der Waals surface area contributed by atoms with Crippen LogP contribution in [0.15, 0.2) is 42.5 Å². The summed E-state index contributed by atoms with van der Waals surface area (Å²) in [6, 6.07) is 15.8. The van der Waals surface area contributed by atoms with Crippen LogP contribution in [-0.4, -0.2) is 18.1 Å². The van der Waals surface area contributed by atoms with Crippen molar-refractivity contribution < 1.29 is 4.74 Å². The van der Waals surface area contributed by atoms with Crippen LogP contribution in [0.1, 0.15) is 29.8 Å². The summed E-state index contributed by atoms with van der Waals surface area (Å²) in [5.41, 5.74) is 2.53. The fourth-order valence-corrected chi connectivity index (χ4v) is 2.11. The zero-order valence-corrected chi connectivity index (χ0v) is 12.3. The van der Waals surface area contributed by atoms with E-state index in [9.17, 15) is 0 Å². The van der Waals surface area contributed by atoms with E-state index in [0.717, 1.165) is 11.3 Å². The molecule has 2 aromatic rings. The summed E-state index contributed by atoms with van der Waals surface area (Å²) in [5, 5.41) is 12.4. The van der Waals surface area contributed by atoms with Crippen LogP contribution in [0.4, 0.5) is 5.82 Å². The zero-order chi connectivity index (χ0) is 15.1. The summed E-state index contributed by atoms with van der Waals surface area (Å²) < 4.78 is 5.78. The van der Waals surface area contributed by atoms with E-state index in [2.05, 4.69) is 16.4 Å². The number of rotatable bonds is 6. The summed E-state index contributed by atoms with van der Waals surface area (Å²) in [6.45, 7) is 5.09. The largest absolute Gasteiger partial charge is 0.372 e. The lowest BCUT2D eigenvalue weighted by molar-refractivity contribution is 0.0718. The van der Waals surface area contributed by atoms with Gasteiger partial charge in [0.2, 0.25) is 0 Å². The van der Waals surface area contributed by atoms with Crippen molar-refractivity contribution in [1.29, 1.82) is 5.26 Å². The Morgan fingerprint density at radius 2 is 2.00 bits per heavy atom. The molecule has 0 saturated carbocycles. The second kappa shape index (κ2) is 7.41. The van der Waals surface area contributed by atoms with E-state index >= 15 is 0 Å². The Balaban J connectivity index is 2.13. The number of nitriles is 1. The summed E-state index contributed by atoms with van der Waals surface area (Å²) in [7, 11) is 0. The molecule has 0 bridgehead atoms. The molecule has 4 heteroatoms. The van der Waals surface area contributed by atoms with Crippen molar-refractivity contribution in [2.24, 2.45) is 0 Å². The van der Waals surface area contributed by atoms with E-state index in [1.165, 1.54) is 0 Å². The maximum absolute atomic E-state index is 9.13. The third-order valence-electron chi connectivity index (χ3n) is 3.15. The molecule has 21 heavy (non-hydrogen) atoms. The van der Waals surface area contributed by atoms with Crippen LogP contribution in [0.3, 0.4) is 0 Å². The second-order valence-electron chi connectivity index (χ2n) is 4.70. The molecule has 0 saturated heterocycles. The molecule has 0 aliphatic carbocycles. The van der Waals surface area contributed by atoms with Gasteiger partial charge in [-0.1, -0.05) is 30.3 Å². The van der Waals surface area contributed by atoms with Gasteiger partial charge in [-0.15, -0.1) is 0 Å². The predicted molar refractivity (Wildman–Crippen MR) is 83.0 cm³/mol. The molecule has 1 heterocycles. The minimum atomic E-state index is -0.0648. The van der Waals surface area contributed by atoms with Gasteiger partial charge in [-0.2, -0.15) is 5.26 Å². The number of aromatic nitrogens is 1. The van der Waals surface area contributed by atoms with Crippen molar-refractivity contribution in [1.82, 2.24) is 4.98 Å². The first-order chi connectivity index (χ1) is 10.2. The van der Waals surface area contributed by atoms with Gasteiger partial charge in [-0.05, 0) is 31.5 Å². The summed E-state index contributed by atoms with van der Waals surface area (Å²) >= 11 is 0. The molecule has 0 aliphatic rings. The SMILES string of the molecule is CCOC(CNc1nc(C)ccc1C#N)c1ccccc1. The smallest absolute Gasteiger partial charge is 0.144 e. The highest BCUT2D eigenvalue weighted by molar-refractivity contribution is 5.52. The lowest BCUT2D eigenvalue weighted by atomic mass is 10.1. The third-order valence-corrected chi connectivity index (χ3v) is 3.15. The quantitative estimate of drug-likeness (QED) is 0.881. The predicted octanol–water partition coefficient (Wildman–Crippen LogP) is 3.45. The monoisotopic (exact) mass is 281 g/mol. The number of nitrogens with zero attached hydrogens (tertiary/aromatic N) is 2. The lowest BCUT2D eigenvalue weighted by Crippen LogP contribution is -2.17. The van der Waals surface area contributed by atoms with E-state index in [-0.39, 0.29) is 6.10 Å². The van der Waals surface area contributed by atoms with E-state index in [4.69, 9.17) is 10.00 Å². The molecule has 0 aliphatic heterocycles. The molecule has 0 fully saturated rings. The Labute approximate surface area is 125 Å². The lowest BCUT2D eigenvalue weighted by Gasteiger charge is -2.19. The fraction of sp³-hybridized carbons (Fsp3) is 0.294. The van der Waals surface area contributed by atoms with Crippen molar-refractivity contribution in [2.75, 3.05) is 18.5 Å². The van der Waals surface area contributed by atoms with Gasteiger partial charge < -0.3 is 10.1 Å². The van der Waals surface area contributed by atoms with E-state index in [1.54, 1.807) is 6.07 Å². The number of benzene rings is 1. The number of hydrogen-bond donors (Lipinski definition) is 1. The summed E-state index contributed by atoms with van der Waals surface area (Å²) in [6.07, 6.45) is -0.0648. The highest BCUT2D eigenvalue weighted by Gasteiger charge is 2.12. The van der Waals surface area contributed by atoms with Crippen LogP contribution < -0.4 is 5.32 Å². The van der Waals surface area contributed by atoms with Crippen LogP contribution in [0.5, 0.6) is 0 Å².